The van der Waals surface area contributed by atoms with Crippen LogP contribution in [-0.2, 0) is 4.74 Å². The number of benzene rings is 1. The number of hydrogen-bond donors (Lipinski definition) is 1. The number of ether oxygens (including phenoxy) is 2. The predicted molar refractivity (Wildman–Crippen MR) is 68.4 cm³/mol. The summed E-state index contributed by atoms with van der Waals surface area (Å²) in [4.78, 5) is 0. The van der Waals surface area contributed by atoms with Crippen molar-refractivity contribution < 1.29 is 9.47 Å². The van der Waals surface area contributed by atoms with Crippen molar-refractivity contribution in [3.63, 3.8) is 0 Å². The summed E-state index contributed by atoms with van der Waals surface area (Å²) in [5, 5.41) is 3.50. The van der Waals surface area contributed by atoms with E-state index in [1.54, 1.807) is 7.11 Å². The maximum Gasteiger partial charge on any atom is 0.119 e. The summed E-state index contributed by atoms with van der Waals surface area (Å²) in [7, 11) is 1.69. The van der Waals surface area contributed by atoms with E-state index in [1.165, 1.54) is 5.56 Å². The average Bonchev–Trinajstić information content (AvgIpc) is 2.50. The van der Waals surface area contributed by atoms with E-state index < -0.39 is 0 Å². The van der Waals surface area contributed by atoms with Crippen molar-refractivity contribution in [2.45, 2.75) is 38.5 Å². The van der Waals surface area contributed by atoms with Crippen molar-refractivity contribution in [1.29, 1.82) is 0 Å². The van der Waals surface area contributed by atoms with Crippen molar-refractivity contribution in [2.24, 2.45) is 0 Å². The van der Waals surface area contributed by atoms with E-state index in [-0.39, 0.29) is 12.2 Å². The van der Waals surface area contributed by atoms with E-state index in [0.29, 0.717) is 6.04 Å². The van der Waals surface area contributed by atoms with Crippen molar-refractivity contribution in [2.75, 3.05) is 13.7 Å². The van der Waals surface area contributed by atoms with Crippen LogP contribution in [0.5, 0.6) is 5.75 Å². The highest BCUT2D eigenvalue weighted by Gasteiger charge is 2.22. The Kier molecular flexibility index (Phi) is 4.02. The molecule has 1 saturated heterocycles. The fraction of sp³-hybridized carbons (Fsp3) is 0.571. The molecule has 1 N–H and O–H groups in total. The van der Waals surface area contributed by atoms with Crippen LogP contribution in [-0.4, -0.2) is 25.8 Å². The third-order valence-corrected chi connectivity index (χ3v) is 3.20. The largest absolute Gasteiger partial charge is 0.497 e. The minimum atomic E-state index is 0.116. The molecule has 1 aliphatic rings. The molecular formula is C14H21NO2. The Labute approximate surface area is 103 Å². The van der Waals surface area contributed by atoms with Crippen LogP contribution in [0.25, 0.3) is 0 Å². The van der Waals surface area contributed by atoms with Gasteiger partial charge < -0.3 is 14.8 Å². The molecule has 3 nitrogen and oxygen atoms in total. The molecule has 0 aromatic heterocycles. The first kappa shape index (κ1) is 12.4. The number of nitrogens with one attached hydrogen (secondary N) is 1. The van der Waals surface area contributed by atoms with Gasteiger partial charge in [-0.3, -0.25) is 0 Å². The van der Waals surface area contributed by atoms with Crippen LogP contribution < -0.4 is 10.1 Å². The van der Waals surface area contributed by atoms with Gasteiger partial charge >= 0.3 is 0 Å². The molecule has 0 spiro atoms. The zero-order valence-electron chi connectivity index (χ0n) is 10.8. The van der Waals surface area contributed by atoms with Gasteiger partial charge in [0.1, 0.15) is 5.75 Å². The van der Waals surface area contributed by atoms with E-state index in [1.807, 2.05) is 12.1 Å². The molecule has 1 aromatic carbocycles. The zero-order chi connectivity index (χ0) is 12.3. The molecule has 2 rings (SSSR count). The summed E-state index contributed by atoms with van der Waals surface area (Å²) in [6.07, 6.45) is 1.46. The maximum absolute atomic E-state index is 6.05. The Bertz CT molecular complexity index is 367. The Hall–Kier alpha value is -1.06. The zero-order valence-corrected chi connectivity index (χ0v) is 10.8. The molecule has 0 aliphatic carbocycles. The highest BCUT2D eigenvalue weighted by atomic mass is 16.5. The van der Waals surface area contributed by atoms with E-state index in [0.717, 1.165) is 18.7 Å². The van der Waals surface area contributed by atoms with Gasteiger partial charge in [-0.25, -0.2) is 0 Å². The first-order valence-corrected chi connectivity index (χ1v) is 6.22. The quantitative estimate of drug-likeness (QED) is 0.854. The summed E-state index contributed by atoms with van der Waals surface area (Å²) >= 11 is 0. The second-order valence-electron chi connectivity index (χ2n) is 4.76. The van der Waals surface area contributed by atoms with E-state index in [4.69, 9.17) is 9.47 Å². The molecule has 1 aliphatic heterocycles. The highest BCUT2D eigenvalue weighted by molar-refractivity contribution is 5.30. The molecular weight excluding hydrogens is 214 g/mol. The summed E-state index contributed by atoms with van der Waals surface area (Å²) < 4.78 is 11.3. The lowest BCUT2D eigenvalue weighted by atomic mass is 10.1. The van der Waals surface area contributed by atoms with Crippen molar-refractivity contribution in [3.05, 3.63) is 29.8 Å². The average molecular weight is 235 g/mol. The van der Waals surface area contributed by atoms with Crippen LogP contribution in [0.2, 0.25) is 0 Å². The molecule has 1 fully saturated rings. The summed E-state index contributed by atoms with van der Waals surface area (Å²) in [6, 6.07) is 8.63. The molecule has 0 bridgehead atoms. The van der Waals surface area contributed by atoms with Crippen LogP contribution >= 0.6 is 0 Å². The lowest BCUT2D eigenvalue weighted by Gasteiger charge is -2.19. The molecule has 3 unspecified atom stereocenters. The summed E-state index contributed by atoms with van der Waals surface area (Å²) in [6.45, 7) is 5.20. The van der Waals surface area contributed by atoms with E-state index in [2.05, 4.69) is 31.3 Å². The smallest absolute Gasteiger partial charge is 0.119 e. The van der Waals surface area contributed by atoms with Gasteiger partial charge in [-0.15, -0.1) is 0 Å². The lowest BCUT2D eigenvalue weighted by molar-refractivity contribution is 0.00709. The normalized spacial score (nSPS) is 29.7. The molecule has 0 amide bonds. The molecule has 1 heterocycles. The third kappa shape index (κ3) is 3.20. The Morgan fingerprint density at radius 1 is 1.35 bits per heavy atom. The molecule has 17 heavy (non-hydrogen) atoms. The van der Waals surface area contributed by atoms with Gasteiger partial charge in [0.05, 0.1) is 19.3 Å². The topological polar surface area (TPSA) is 30.5 Å². The Morgan fingerprint density at radius 3 is 2.94 bits per heavy atom. The summed E-state index contributed by atoms with van der Waals surface area (Å²) in [5.41, 5.74) is 1.18. The molecule has 3 heteroatoms. The molecule has 0 saturated carbocycles. The first-order chi connectivity index (χ1) is 8.19. The summed E-state index contributed by atoms with van der Waals surface area (Å²) in [5.74, 6) is 0.885. The monoisotopic (exact) mass is 235 g/mol. The van der Waals surface area contributed by atoms with Crippen LogP contribution in [0.1, 0.15) is 31.9 Å². The van der Waals surface area contributed by atoms with Gasteiger partial charge in [-0.05, 0) is 38.0 Å². The molecule has 0 radical (unpaired) electrons. The predicted octanol–water partition coefficient (Wildman–Crippen LogP) is 2.52. The number of rotatable bonds is 2. The van der Waals surface area contributed by atoms with Crippen molar-refractivity contribution in [3.8, 4) is 5.75 Å². The number of methoxy groups -OCH3 is 1. The van der Waals surface area contributed by atoms with Crippen LogP contribution in [0, 0.1) is 0 Å². The van der Waals surface area contributed by atoms with Crippen molar-refractivity contribution >= 4 is 0 Å². The number of hydrogen-bond acceptors (Lipinski definition) is 3. The van der Waals surface area contributed by atoms with Gasteiger partial charge in [-0.2, -0.15) is 0 Å². The van der Waals surface area contributed by atoms with Gasteiger partial charge in [-0.1, -0.05) is 12.1 Å². The standard InChI is InChI=1S/C14H21NO2/c1-10-7-11(2)17-14(9-15-10)12-5-4-6-13(8-12)16-3/h4-6,8,10-11,14-15H,7,9H2,1-3H3. The van der Waals surface area contributed by atoms with Gasteiger partial charge in [0.25, 0.3) is 0 Å². The Balaban J connectivity index is 2.14. The highest BCUT2D eigenvalue weighted by Crippen LogP contribution is 2.25. The molecule has 3 atom stereocenters. The van der Waals surface area contributed by atoms with Crippen LogP contribution in [0.4, 0.5) is 0 Å². The second kappa shape index (κ2) is 5.52. The van der Waals surface area contributed by atoms with Gasteiger partial charge in [0, 0.05) is 12.6 Å². The first-order valence-electron chi connectivity index (χ1n) is 6.22. The van der Waals surface area contributed by atoms with Crippen LogP contribution in [0.15, 0.2) is 24.3 Å². The van der Waals surface area contributed by atoms with Crippen molar-refractivity contribution in [1.82, 2.24) is 5.32 Å². The maximum atomic E-state index is 6.05. The minimum absolute atomic E-state index is 0.116. The second-order valence-corrected chi connectivity index (χ2v) is 4.76. The van der Waals surface area contributed by atoms with E-state index in [9.17, 15) is 0 Å². The molecule has 1 aromatic rings. The molecule has 94 valence electrons. The van der Waals surface area contributed by atoms with Gasteiger partial charge in [0.15, 0.2) is 0 Å². The SMILES string of the molecule is COc1cccc(C2CNC(C)CC(C)O2)c1. The van der Waals surface area contributed by atoms with Gasteiger partial charge in [0.2, 0.25) is 0 Å². The minimum Gasteiger partial charge on any atom is -0.497 e. The third-order valence-electron chi connectivity index (χ3n) is 3.20. The van der Waals surface area contributed by atoms with Crippen LogP contribution in [0.3, 0.4) is 0 Å². The fourth-order valence-electron chi connectivity index (χ4n) is 2.31. The lowest BCUT2D eigenvalue weighted by Crippen LogP contribution is -2.27. The van der Waals surface area contributed by atoms with E-state index >= 15 is 0 Å². The Morgan fingerprint density at radius 2 is 2.18 bits per heavy atom. The fourth-order valence-corrected chi connectivity index (χ4v) is 2.31.